The van der Waals surface area contributed by atoms with Crippen LogP contribution in [-0.4, -0.2) is 42.6 Å². The second-order valence-electron chi connectivity index (χ2n) is 8.37. The molecular formula is C24H36FN5O2. The number of hydrogen-bond acceptors (Lipinski definition) is 4. The van der Waals surface area contributed by atoms with Crippen molar-refractivity contribution in [2.45, 2.75) is 59.7 Å². The second-order valence-corrected chi connectivity index (χ2v) is 8.37. The topological polar surface area (TPSA) is 72.7 Å². The summed E-state index contributed by atoms with van der Waals surface area (Å²) in [7, 11) is 1.69. The molecule has 8 heteroatoms. The zero-order chi connectivity index (χ0) is 23.1. The zero-order valence-electron chi connectivity index (χ0n) is 19.9. The van der Waals surface area contributed by atoms with E-state index in [4.69, 9.17) is 14.5 Å². The van der Waals surface area contributed by atoms with Crippen LogP contribution in [0, 0.1) is 25.6 Å². The van der Waals surface area contributed by atoms with E-state index in [1.807, 2.05) is 31.5 Å². The van der Waals surface area contributed by atoms with Crippen LogP contribution in [0.15, 0.2) is 23.2 Å². The van der Waals surface area contributed by atoms with Gasteiger partial charge in [0.15, 0.2) is 17.5 Å². The van der Waals surface area contributed by atoms with Crippen molar-refractivity contribution in [2.24, 2.45) is 10.9 Å². The lowest BCUT2D eigenvalue weighted by Gasteiger charge is -2.19. The molecule has 0 spiro atoms. The molecule has 0 bridgehead atoms. The van der Waals surface area contributed by atoms with Crippen molar-refractivity contribution in [3.8, 4) is 5.75 Å². The maximum Gasteiger partial charge on any atom is 0.192 e. The molecule has 3 rings (SSSR count). The Kier molecular flexibility index (Phi) is 8.50. The first-order chi connectivity index (χ1) is 15.4. The van der Waals surface area contributed by atoms with Gasteiger partial charge in [0.05, 0.1) is 38.0 Å². The van der Waals surface area contributed by atoms with E-state index in [0.717, 1.165) is 29.1 Å². The Morgan fingerprint density at radius 3 is 2.78 bits per heavy atom. The third-order valence-corrected chi connectivity index (χ3v) is 5.76. The van der Waals surface area contributed by atoms with Gasteiger partial charge in [0, 0.05) is 24.9 Å². The normalized spacial score (nSPS) is 15.0. The lowest BCUT2D eigenvalue weighted by molar-refractivity contribution is 0.182. The molecule has 1 heterocycles. The summed E-state index contributed by atoms with van der Waals surface area (Å²) >= 11 is 0. The van der Waals surface area contributed by atoms with Gasteiger partial charge >= 0.3 is 0 Å². The Morgan fingerprint density at radius 2 is 2.12 bits per heavy atom. The van der Waals surface area contributed by atoms with Gasteiger partial charge in [0.1, 0.15) is 0 Å². The van der Waals surface area contributed by atoms with Crippen LogP contribution in [0.3, 0.4) is 0 Å². The summed E-state index contributed by atoms with van der Waals surface area (Å²) in [5.74, 6) is 1.27. The minimum Gasteiger partial charge on any atom is -0.490 e. The Hall–Kier alpha value is -2.61. The fraction of sp³-hybridized carbons (Fsp3) is 0.583. The van der Waals surface area contributed by atoms with Crippen molar-refractivity contribution in [3.05, 3.63) is 46.5 Å². The van der Waals surface area contributed by atoms with Crippen LogP contribution >= 0.6 is 0 Å². The second kappa shape index (κ2) is 11.3. The summed E-state index contributed by atoms with van der Waals surface area (Å²) in [6, 6.07) is 5.04. The number of halogens is 1. The average molecular weight is 446 g/mol. The quantitative estimate of drug-likeness (QED) is 0.406. The fourth-order valence-electron chi connectivity index (χ4n) is 3.52. The number of guanidine groups is 1. The highest BCUT2D eigenvalue weighted by Gasteiger charge is 2.22. The Morgan fingerprint density at radius 1 is 1.34 bits per heavy atom. The summed E-state index contributed by atoms with van der Waals surface area (Å²) in [4.78, 5) is 4.75. The molecule has 0 amide bonds. The summed E-state index contributed by atoms with van der Waals surface area (Å²) in [6.45, 7) is 11.2. The van der Waals surface area contributed by atoms with E-state index in [-0.39, 0.29) is 11.9 Å². The number of ether oxygens (including phenoxy) is 2. The molecule has 1 aliphatic carbocycles. The van der Waals surface area contributed by atoms with Gasteiger partial charge in [-0.25, -0.2) is 9.38 Å². The highest BCUT2D eigenvalue weighted by Crippen LogP contribution is 2.30. The lowest BCUT2D eigenvalue weighted by Crippen LogP contribution is -2.38. The minimum atomic E-state index is -0.325. The smallest absolute Gasteiger partial charge is 0.192 e. The standard InChI is InChI=1S/C24H36FN5O2/c1-6-26-24(27-14-21-17(3)29-30(18(21)4)11-12-31-5)28-16(2)20-9-10-23(22(25)13-20)32-15-19-7-8-19/h9-10,13,16,19H,6-8,11-12,14-15H2,1-5H3,(H2,26,27,28). The van der Waals surface area contributed by atoms with Gasteiger partial charge in [0.25, 0.3) is 0 Å². The molecule has 1 aromatic carbocycles. The maximum absolute atomic E-state index is 14.5. The summed E-state index contributed by atoms with van der Waals surface area (Å²) in [6.07, 6.45) is 2.36. The molecule has 2 N–H and O–H groups in total. The van der Waals surface area contributed by atoms with Gasteiger partial charge < -0.3 is 20.1 Å². The van der Waals surface area contributed by atoms with Crippen LogP contribution in [0.4, 0.5) is 4.39 Å². The van der Waals surface area contributed by atoms with Crippen LogP contribution in [0.1, 0.15) is 55.2 Å². The van der Waals surface area contributed by atoms with Crippen molar-refractivity contribution in [2.75, 3.05) is 26.9 Å². The number of rotatable bonds is 11. The predicted molar refractivity (Wildman–Crippen MR) is 125 cm³/mol. The molecule has 0 saturated heterocycles. The summed E-state index contributed by atoms with van der Waals surface area (Å²) in [5.41, 5.74) is 4.01. The largest absolute Gasteiger partial charge is 0.490 e. The van der Waals surface area contributed by atoms with E-state index in [2.05, 4.69) is 22.7 Å². The van der Waals surface area contributed by atoms with E-state index in [0.29, 0.717) is 43.9 Å². The van der Waals surface area contributed by atoms with Gasteiger partial charge in [-0.15, -0.1) is 0 Å². The number of methoxy groups -OCH3 is 1. The van der Waals surface area contributed by atoms with Crippen LogP contribution in [0.25, 0.3) is 0 Å². The Balaban J connectivity index is 1.65. The molecule has 1 aromatic heterocycles. The van der Waals surface area contributed by atoms with Crippen molar-refractivity contribution in [3.63, 3.8) is 0 Å². The number of nitrogens with one attached hydrogen (secondary N) is 2. The highest BCUT2D eigenvalue weighted by molar-refractivity contribution is 5.80. The molecule has 2 aromatic rings. The number of aromatic nitrogens is 2. The van der Waals surface area contributed by atoms with Gasteiger partial charge in [-0.3, -0.25) is 4.68 Å². The molecule has 1 atom stereocenters. The number of hydrogen-bond donors (Lipinski definition) is 2. The van der Waals surface area contributed by atoms with Crippen LogP contribution in [0.5, 0.6) is 5.75 Å². The van der Waals surface area contributed by atoms with Gasteiger partial charge in [-0.05, 0) is 64.2 Å². The molecule has 7 nitrogen and oxygen atoms in total. The van der Waals surface area contributed by atoms with Gasteiger partial charge in [-0.1, -0.05) is 6.07 Å². The Bertz CT molecular complexity index is 923. The third kappa shape index (κ3) is 6.45. The molecule has 1 saturated carbocycles. The third-order valence-electron chi connectivity index (χ3n) is 5.76. The predicted octanol–water partition coefficient (Wildman–Crippen LogP) is 3.89. The first-order valence-corrected chi connectivity index (χ1v) is 11.4. The number of benzene rings is 1. The monoisotopic (exact) mass is 445 g/mol. The van der Waals surface area contributed by atoms with Crippen molar-refractivity contribution < 1.29 is 13.9 Å². The van der Waals surface area contributed by atoms with E-state index < -0.39 is 0 Å². The van der Waals surface area contributed by atoms with Gasteiger partial charge in [0.2, 0.25) is 0 Å². The molecule has 0 aliphatic heterocycles. The van der Waals surface area contributed by atoms with Crippen molar-refractivity contribution in [1.29, 1.82) is 0 Å². The lowest BCUT2D eigenvalue weighted by atomic mass is 10.1. The minimum absolute atomic E-state index is 0.119. The van der Waals surface area contributed by atoms with E-state index in [1.54, 1.807) is 13.2 Å². The SMILES string of the molecule is CCNC(=NCc1c(C)nn(CCOC)c1C)NC(C)c1ccc(OCC2CC2)c(F)c1. The number of aryl methyl sites for hydroxylation is 1. The van der Waals surface area contributed by atoms with E-state index in [9.17, 15) is 4.39 Å². The van der Waals surface area contributed by atoms with Crippen molar-refractivity contribution >= 4 is 5.96 Å². The van der Waals surface area contributed by atoms with E-state index >= 15 is 0 Å². The zero-order valence-corrected chi connectivity index (χ0v) is 19.9. The van der Waals surface area contributed by atoms with Crippen LogP contribution in [-0.2, 0) is 17.8 Å². The van der Waals surface area contributed by atoms with E-state index in [1.165, 1.54) is 18.9 Å². The fourth-order valence-corrected chi connectivity index (χ4v) is 3.52. The van der Waals surface area contributed by atoms with Gasteiger partial charge in [-0.2, -0.15) is 5.10 Å². The van der Waals surface area contributed by atoms with Crippen LogP contribution in [0.2, 0.25) is 0 Å². The first-order valence-electron chi connectivity index (χ1n) is 11.4. The first kappa shape index (κ1) is 24.0. The average Bonchev–Trinajstić information content (AvgIpc) is 3.55. The number of nitrogens with zero attached hydrogens (tertiary/aromatic N) is 3. The molecular weight excluding hydrogens is 409 g/mol. The highest BCUT2D eigenvalue weighted by atomic mass is 19.1. The summed E-state index contributed by atoms with van der Waals surface area (Å²) in [5, 5.41) is 11.2. The molecule has 1 unspecified atom stereocenters. The molecule has 32 heavy (non-hydrogen) atoms. The molecule has 0 radical (unpaired) electrons. The maximum atomic E-state index is 14.5. The summed E-state index contributed by atoms with van der Waals surface area (Å²) < 4.78 is 27.2. The molecule has 176 valence electrons. The molecule has 1 aliphatic rings. The van der Waals surface area contributed by atoms with Crippen molar-refractivity contribution in [1.82, 2.24) is 20.4 Å². The molecule has 1 fully saturated rings. The van der Waals surface area contributed by atoms with Crippen LogP contribution < -0.4 is 15.4 Å². The Labute approximate surface area is 190 Å². The number of aliphatic imine (C=N–C) groups is 1.